The van der Waals surface area contributed by atoms with E-state index in [4.69, 9.17) is 5.11 Å². The Labute approximate surface area is 191 Å². The number of likely N-dealkylation sites (tertiary alicyclic amines) is 1. The summed E-state index contributed by atoms with van der Waals surface area (Å²) in [5, 5.41) is 10.3. The number of sulfonamides is 1. The highest BCUT2D eigenvalue weighted by Gasteiger charge is 2.36. The van der Waals surface area contributed by atoms with Crippen LogP contribution in [-0.4, -0.2) is 70.9 Å². The number of aromatic nitrogens is 2. The molecule has 9 nitrogen and oxygen atoms in total. The van der Waals surface area contributed by atoms with E-state index in [9.17, 15) is 18.0 Å². The van der Waals surface area contributed by atoms with E-state index in [1.165, 1.54) is 12.8 Å². The Morgan fingerprint density at radius 2 is 1.94 bits per heavy atom. The zero-order valence-corrected chi connectivity index (χ0v) is 19.2. The van der Waals surface area contributed by atoms with Gasteiger partial charge in [-0.25, -0.2) is 8.42 Å². The van der Waals surface area contributed by atoms with Crippen LogP contribution in [0.3, 0.4) is 0 Å². The molecule has 0 saturated carbocycles. The van der Waals surface area contributed by atoms with E-state index in [-0.39, 0.29) is 29.3 Å². The van der Waals surface area contributed by atoms with Crippen molar-refractivity contribution in [3.8, 4) is 0 Å². The van der Waals surface area contributed by atoms with Crippen molar-refractivity contribution in [2.75, 3.05) is 26.2 Å². The summed E-state index contributed by atoms with van der Waals surface area (Å²) < 4.78 is 28.9. The van der Waals surface area contributed by atoms with Crippen molar-refractivity contribution in [1.29, 1.82) is 0 Å². The van der Waals surface area contributed by atoms with Crippen LogP contribution in [0.2, 0.25) is 0 Å². The second-order valence-corrected chi connectivity index (χ2v) is 10.9. The van der Waals surface area contributed by atoms with Crippen molar-refractivity contribution >= 4 is 37.8 Å². The summed E-state index contributed by atoms with van der Waals surface area (Å²) in [6.07, 6.45) is 5.84. The molecule has 1 unspecified atom stereocenters. The van der Waals surface area contributed by atoms with Crippen LogP contribution in [0.15, 0.2) is 34.1 Å². The molecule has 1 aromatic carbocycles. The Hall–Kier alpha value is -2.69. The fourth-order valence-corrected chi connectivity index (χ4v) is 6.99. The quantitative estimate of drug-likeness (QED) is 0.484. The molecule has 3 aromatic rings. The summed E-state index contributed by atoms with van der Waals surface area (Å²) in [5.74, 6) is -0.931. The summed E-state index contributed by atoms with van der Waals surface area (Å²) in [5.41, 5.74) is 1.22. The SMILES string of the molecule is O=C(O)CCc1c[nH]c2c(=O)[nH]c3ccc(S(=O)(=O)N4CCCC4CN4CCCC4)cc3c12. The van der Waals surface area contributed by atoms with Gasteiger partial charge in [-0.05, 0) is 69.0 Å². The van der Waals surface area contributed by atoms with Gasteiger partial charge in [-0.2, -0.15) is 4.31 Å². The lowest BCUT2D eigenvalue weighted by Gasteiger charge is -2.28. The molecule has 176 valence electrons. The fraction of sp³-hybridized carbons (Fsp3) is 0.478. The molecule has 10 heteroatoms. The van der Waals surface area contributed by atoms with Crippen molar-refractivity contribution in [2.24, 2.45) is 0 Å². The first-order chi connectivity index (χ1) is 15.8. The van der Waals surface area contributed by atoms with Crippen LogP contribution in [0.5, 0.6) is 0 Å². The highest BCUT2D eigenvalue weighted by Crippen LogP contribution is 2.31. The normalized spacial score (nSPS) is 20.3. The number of carboxylic acids is 1. The molecular weight excluding hydrogens is 444 g/mol. The molecule has 33 heavy (non-hydrogen) atoms. The Morgan fingerprint density at radius 3 is 2.70 bits per heavy atom. The van der Waals surface area contributed by atoms with Gasteiger partial charge in [0.2, 0.25) is 10.0 Å². The molecule has 1 atom stereocenters. The molecule has 2 fully saturated rings. The molecule has 0 aliphatic carbocycles. The van der Waals surface area contributed by atoms with E-state index in [1.54, 1.807) is 28.7 Å². The summed E-state index contributed by atoms with van der Waals surface area (Å²) in [4.78, 5) is 31.9. The first-order valence-corrected chi connectivity index (χ1v) is 12.9. The Bertz CT molecular complexity index is 1370. The third kappa shape index (κ3) is 4.07. The van der Waals surface area contributed by atoms with Crippen LogP contribution in [0, 0.1) is 0 Å². The van der Waals surface area contributed by atoms with Gasteiger partial charge in [0.1, 0.15) is 5.52 Å². The predicted octanol–water partition coefficient (Wildman–Crippen LogP) is 2.28. The van der Waals surface area contributed by atoms with Crippen molar-refractivity contribution in [3.05, 3.63) is 40.3 Å². The fourth-order valence-electron chi connectivity index (χ4n) is 5.28. The first-order valence-electron chi connectivity index (χ1n) is 11.5. The van der Waals surface area contributed by atoms with Crippen LogP contribution >= 0.6 is 0 Å². The molecule has 2 aromatic heterocycles. The number of carboxylic acid groups (broad SMARTS) is 1. The number of aryl methyl sites for hydroxylation is 1. The van der Waals surface area contributed by atoms with Crippen LogP contribution in [-0.2, 0) is 21.2 Å². The maximum absolute atomic E-state index is 13.7. The van der Waals surface area contributed by atoms with Crippen molar-refractivity contribution in [2.45, 2.75) is 49.5 Å². The third-order valence-corrected chi connectivity index (χ3v) is 8.85. The second kappa shape index (κ2) is 8.58. The number of benzene rings is 1. The minimum absolute atomic E-state index is 0.0298. The van der Waals surface area contributed by atoms with Crippen molar-refractivity contribution in [1.82, 2.24) is 19.2 Å². The number of carbonyl (C=O) groups is 1. The summed E-state index contributed by atoms with van der Waals surface area (Å²) in [7, 11) is -3.71. The van der Waals surface area contributed by atoms with Gasteiger partial charge in [0, 0.05) is 48.0 Å². The molecule has 2 aliphatic heterocycles. The highest BCUT2D eigenvalue weighted by atomic mass is 32.2. The molecule has 2 saturated heterocycles. The number of hydrogen-bond donors (Lipinski definition) is 3. The largest absolute Gasteiger partial charge is 0.481 e. The summed E-state index contributed by atoms with van der Waals surface area (Å²) >= 11 is 0. The van der Waals surface area contributed by atoms with E-state index in [1.807, 2.05) is 0 Å². The first kappa shape index (κ1) is 22.1. The number of H-pyrrole nitrogens is 2. The average molecular weight is 473 g/mol. The molecule has 3 N–H and O–H groups in total. The minimum Gasteiger partial charge on any atom is -0.481 e. The highest BCUT2D eigenvalue weighted by molar-refractivity contribution is 7.89. The predicted molar refractivity (Wildman–Crippen MR) is 125 cm³/mol. The molecule has 0 spiro atoms. The zero-order chi connectivity index (χ0) is 23.2. The maximum Gasteiger partial charge on any atom is 0.303 e. The molecule has 2 aliphatic rings. The van der Waals surface area contributed by atoms with Crippen LogP contribution in [0.4, 0.5) is 0 Å². The zero-order valence-electron chi connectivity index (χ0n) is 18.3. The van der Waals surface area contributed by atoms with Gasteiger partial charge in [0.05, 0.1) is 4.90 Å². The van der Waals surface area contributed by atoms with E-state index >= 15 is 0 Å². The number of nitrogens with zero attached hydrogens (tertiary/aromatic N) is 2. The van der Waals surface area contributed by atoms with Crippen LogP contribution in [0.1, 0.15) is 37.7 Å². The van der Waals surface area contributed by atoms with Crippen molar-refractivity contribution < 1.29 is 18.3 Å². The number of pyridine rings is 1. The Balaban J connectivity index is 1.55. The van der Waals surface area contributed by atoms with E-state index in [0.29, 0.717) is 33.9 Å². The van der Waals surface area contributed by atoms with Gasteiger partial charge in [-0.1, -0.05) is 0 Å². The lowest BCUT2D eigenvalue weighted by molar-refractivity contribution is -0.136. The molecular formula is C23H28N4O5S. The number of aromatic amines is 2. The molecule has 0 bridgehead atoms. The molecule has 0 amide bonds. The number of fused-ring (bicyclic) bond motifs is 3. The monoisotopic (exact) mass is 472 g/mol. The molecule has 4 heterocycles. The van der Waals surface area contributed by atoms with E-state index < -0.39 is 16.0 Å². The van der Waals surface area contributed by atoms with Gasteiger partial charge in [-0.3, -0.25) is 9.59 Å². The summed E-state index contributed by atoms with van der Waals surface area (Å²) in [6.45, 7) is 3.33. The molecule has 5 rings (SSSR count). The van der Waals surface area contributed by atoms with Crippen molar-refractivity contribution in [3.63, 3.8) is 0 Å². The lowest BCUT2D eigenvalue weighted by atomic mass is 10.0. The van der Waals surface area contributed by atoms with Gasteiger partial charge >= 0.3 is 5.97 Å². The van der Waals surface area contributed by atoms with Crippen LogP contribution in [0.25, 0.3) is 21.8 Å². The van der Waals surface area contributed by atoms with Gasteiger partial charge in [-0.15, -0.1) is 0 Å². The third-order valence-electron chi connectivity index (χ3n) is 6.90. The molecule has 0 radical (unpaired) electrons. The van der Waals surface area contributed by atoms with Gasteiger partial charge in [0.15, 0.2) is 0 Å². The standard InChI is InChI=1S/C23H28N4O5S/c28-20(29)8-5-15-13-24-22-21(15)18-12-17(6-7-19(18)25-23(22)30)33(31,32)27-11-3-4-16(27)14-26-9-1-2-10-26/h6-7,12-13,16,24H,1-5,8-11,14H2,(H,25,30)(H,28,29). The smallest absolute Gasteiger partial charge is 0.303 e. The van der Waals surface area contributed by atoms with E-state index in [2.05, 4.69) is 14.9 Å². The van der Waals surface area contributed by atoms with Gasteiger partial charge < -0.3 is 20.0 Å². The maximum atomic E-state index is 13.7. The lowest BCUT2D eigenvalue weighted by Crippen LogP contribution is -2.42. The number of nitrogens with one attached hydrogen (secondary N) is 2. The second-order valence-electron chi connectivity index (χ2n) is 9.04. The number of hydrogen-bond acceptors (Lipinski definition) is 5. The van der Waals surface area contributed by atoms with Crippen LogP contribution < -0.4 is 5.56 Å². The number of rotatable bonds is 7. The minimum atomic E-state index is -3.71. The van der Waals surface area contributed by atoms with Gasteiger partial charge in [0.25, 0.3) is 5.56 Å². The average Bonchev–Trinajstić information content (AvgIpc) is 3.54. The topological polar surface area (TPSA) is 127 Å². The van der Waals surface area contributed by atoms with E-state index in [0.717, 1.165) is 32.5 Å². The summed E-state index contributed by atoms with van der Waals surface area (Å²) in [6, 6.07) is 4.76. The number of aliphatic carboxylic acids is 1. The Kier molecular flexibility index (Phi) is 5.75. The Morgan fingerprint density at radius 1 is 1.15 bits per heavy atom.